The molecular formula is C5H4IN3S. The van der Waals surface area contributed by atoms with Gasteiger partial charge >= 0.3 is 0 Å². The van der Waals surface area contributed by atoms with E-state index in [0.717, 1.165) is 10.2 Å². The number of rotatable bonds is 2. The van der Waals surface area contributed by atoms with Crippen LogP contribution in [0, 0.1) is 0 Å². The van der Waals surface area contributed by atoms with Gasteiger partial charge < -0.3 is 0 Å². The highest BCUT2D eigenvalue weighted by Gasteiger charge is 1.91. The maximum atomic E-state index is 4.42. The van der Waals surface area contributed by atoms with Gasteiger partial charge in [0, 0.05) is 0 Å². The first-order valence-corrected chi connectivity index (χ1v) is 4.46. The topological polar surface area (TPSA) is 30.2 Å². The van der Waals surface area contributed by atoms with E-state index in [9.17, 15) is 0 Å². The lowest BCUT2D eigenvalue weighted by molar-refractivity contribution is 0.768. The summed E-state index contributed by atoms with van der Waals surface area (Å²) >= 11 is 6.63. The molecule has 1 aromatic heterocycles. The predicted molar refractivity (Wildman–Crippen MR) is 50.9 cm³/mol. The zero-order chi connectivity index (χ0) is 7.40. The van der Waals surface area contributed by atoms with Crippen molar-refractivity contribution < 1.29 is 0 Å². The minimum atomic E-state index is 0.756. The molecule has 52 valence electrons. The van der Waals surface area contributed by atoms with Crippen molar-refractivity contribution in [2.24, 2.45) is 4.99 Å². The molecule has 0 atom stereocenters. The second-order valence-corrected chi connectivity index (χ2v) is 2.43. The van der Waals surface area contributed by atoms with Crippen LogP contribution in [0.4, 0.5) is 5.69 Å². The minimum absolute atomic E-state index is 0.756. The Labute approximate surface area is 77.3 Å². The highest BCUT2D eigenvalue weighted by molar-refractivity contribution is 14.1. The van der Waals surface area contributed by atoms with E-state index in [-0.39, 0.29) is 0 Å². The van der Waals surface area contributed by atoms with Crippen molar-refractivity contribution >= 4 is 45.7 Å². The average Bonchev–Trinajstić information content (AvgIpc) is 2.37. The summed E-state index contributed by atoms with van der Waals surface area (Å²) in [5.74, 6) is 0. The molecule has 0 aliphatic carbocycles. The summed E-state index contributed by atoms with van der Waals surface area (Å²) in [6, 6.07) is 0. The van der Waals surface area contributed by atoms with Crippen molar-refractivity contribution in [2.75, 3.05) is 0 Å². The Morgan fingerprint density at radius 2 is 2.70 bits per heavy atom. The van der Waals surface area contributed by atoms with Gasteiger partial charge in [-0.25, -0.2) is 0 Å². The number of nitrogens with zero attached hydrogens (tertiary/aromatic N) is 3. The SMILES string of the molecule is S=C=Nc1cnn(CI)c1. The van der Waals surface area contributed by atoms with E-state index in [4.69, 9.17) is 0 Å². The second kappa shape index (κ2) is 3.80. The molecule has 0 saturated carbocycles. The van der Waals surface area contributed by atoms with Crippen molar-refractivity contribution in [1.29, 1.82) is 0 Å². The molecule has 10 heavy (non-hydrogen) atoms. The molecule has 0 bridgehead atoms. The van der Waals surface area contributed by atoms with Crippen molar-refractivity contribution in [3.63, 3.8) is 0 Å². The molecule has 0 fully saturated rings. The van der Waals surface area contributed by atoms with E-state index in [1.807, 2.05) is 6.20 Å². The fourth-order valence-corrected chi connectivity index (χ4v) is 1.01. The lowest BCUT2D eigenvalue weighted by atomic mass is 10.6. The van der Waals surface area contributed by atoms with Gasteiger partial charge in [0.25, 0.3) is 0 Å². The number of aromatic nitrogens is 2. The Bertz CT molecular complexity index is 264. The molecule has 0 aliphatic rings. The summed E-state index contributed by atoms with van der Waals surface area (Å²) in [4.78, 5) is 3.75. The van der Waals surface area contributed by atoms with E-state index in [1.165, 1.54) is 0 Å². The molecule has 5 heteroatoms. The summed E-state index contributed by atoms with van der Waals surface area (Å²) in [6.07, 6.45) is 3.46. The highest BCUT2D eigenvalue weighted by Crippen LogP contribution is 2.08. The third-order valence-corrected chi connectivity index (χ3v) is 1.71. The number of hydrogen-bond acceptors (Lipinski definition) is 3. The first-order valence-electron chi connectivity index (χ1n) is 2.53. The quantitative estimate of drug-likeness (QED) is 0.354. The number of hydrogen-bond donors (Lipinski definition) is 0. The molecule has 0 spiro atoms. The Hall–Kier alpha value is -0.260. The van der Waals surface area contributed by atoms with Gasteiger partial charge in [-0.05, 0) is 12.2 Å². The standard InChI is InChI=1S/C5H4IN3S/c6-3-9-2-5(1-8-9)7-4-10/h1-2H,3H2. The molecular weight excluding hydrogens is 261 g/mol. The largest absolute Gasteiger partial charge is 0.261 e. The van der Waals surface area contributed by atoms with Crippen LogP contribution in [0.3, 0.4) is 0 Å². The molecule has 1 aromatic rings. The lowest BCUT2D eigenvalue weighted by Crippen LogP contribution is -1.88. The van der Waals surface area contributed by atoms with E-state index in [0.29, 0.717) is 0 Å². The Kier molecular flexibility index (Phi) is 2.98. The fraction of sp³-hybridized carbons (Fsp3) is 0.200. The zero-order valence-electron chi connectivity index (χ0n) is 4.99. The maximum Gasteiger partial charge on any atom is 0.112 e. The Morgan fingerprint density at radius 3 is 3.20 bits per heavy atom. The average molecular weight is 265 g/mol. The number of alkyl halides is 1. The van der Waals surface area contributed by atoms with Crippen LogP contribution in [0.1, 0.15) is 0 Å². The molecule has 3 nitrogen and oxygen atoms in total. The molecule has 1 heterocycles. The third kappa shape index (κ3) is 1.86. The van der Waals surface area contributed by atoms with Gasteiger partial charge in [0.05, 0.1) is 22.1 Å². The Morgan fingerprint density at radius 1 is 1.90 bits per heavy atom. The Balaban J connectivity index is 2.87. The van der Waals surface area contributed by atoms with Crippen molar-refractivity contribution in [1.82, 2.24) is 9.78 Å². The van der Waals surface area contributed by atoms with Crippen LogP contribution in [0.5, 0.6) is 0 Å². The number of isothiocyanates is 1. The van der Waals surface area contributed by atoms with Gasteiger partial charge in [-0.2, -0.15) is 10.1 Å². The summed E-state index contributed by atoms with van der Waals surface area (Å²) in [6.45, 7) is 0. The molecule has 0 N–H and O–H groups in total. The fourth-order valence-electron chi connectivity index (χ4n) is 0.528. The van der Waals surface area contributed by atoms with Crippen LogP contribution in [-0.2, 0) is 4.55 Å². The van der Waals surface area contributed by atoms with Crippen LogP contribution < -0.4 is 0 Å². The summed E-state index contributed by atoms with van der Waals surface area (Å²) in [7, 11) is 0. The molecule has 0 unspecified atom stereocenters. The zero-order valence-corrected chi connectivity index (χ0v) is 7.96. The molecule has 0 aromatic carbocycles. The van der Waals surface area contributed by atoms with Crippen LogP contribution in [0.25, 0.3) is 0 Å². The van der Waals surface area contributed by atoms with Gasteiger partial charge in [-0.15, -0.1) is 0 Å². The third-order valence-electron chi connectivity index (χ3n) is 0.917. The van der Waals surface area contributed by atoms with Gasteiger partial charge in [-0.3, -0.25) is 4.68 Å². The summed E-state index contributed by atoms with van der Waals surface area (Å²) in [5.41, 5.74) is 0.756. The van der Waals surface area contributed by atoms with Gasteiger partial charge in [0.15, 0.2) is 0 Å². The monoisotopic (exact) mass is 265 g/mol. The van der Waals surface area contributed by atoms with Crippen molar-refractivity contribution in [2.45, 2.75) is 4.55 Å². The van der Waals surface area contributed by atoms with Crippen LogP contribution in [-0.4, -0.2) is 14.9 Å². The van der Waals surface area contributed by atoms with Crippen LogP contribution in [0.2, 0.25) is 0 Å². The predicted octanol–water partition coefficient (Wildman–Crippen LogP) is 2.01. The highest BCUT2D eigenvalue weighted by atomic mass is 127. The minimum Gasteiger partial charge on any atom is -0.261 e. The van der Waals surface area contributed by atoms with E-state index in [2.05, 4.69) is 50.1 Å². The second-order valence-electron chi connectivity index (χ2n) is 1.56. The first-order chi connectivity index (χ1) is 4.86. The van der Waals surface area contributed by atoms with Crippen LogP contribution in [0.15, 0.2) is 17.4 Å². The van der Waals surface area contributed by atoms with Crippen LogP contribution >= 0.6 is 34.8 Å². The summed E-state index contributed by atoms with van der Waals surface area (Å²) < 4.78 is 2.59. The molecule has 0 radical (unpaired) electrons. The molecule has 0 aliphatic heterocycles. The molecule has 0 amide bonds. The van der Waals surface area contributed by atoms with Crippen molar-refractivity contribution in [3.8, 4) is 0 Å². The van der Waals surface area contributed by atoms with Gasteiger partial charge in [0.1, 0.15) is 5.69 Å². The normalized spacial score (nSPS) is 8.90. The van der Waals surface area contributed by atoms with Crippen molar-refractivity contribution in [3.05, 3.63) is 12.4 Å². The smallest absolute Gasteiger partial charge is 0.112 e. The molecule has 1 rings (SSSR count). The number of thiocarbonyl (C=S) groups is 1. The summed E-state index contributed by atoms with van der Waals surface area (Å²) in [5, 5.41) is 6.26. The van der Waals surface area contributed by atoms with E-state index in [1.54, 1.807) is 10.9 Å². The van der Waals surface area contributed by atoms with Gasteiger partial charge in [0.2, 0.25) is 0 Å². The van der Waals surface area contributed by atoms with E-state index >= 15 is 0 Å². The first kappa shape index (κ1) is 7.84. The number of halogens is 1. The maximum absolute atomic E-state index is 4.42. The lowest BCUT2D eigenvalue weighted by Gasteiger charge is -1.86. The van der Waals surface area contributed by atoms with Gasteiger partial charge in [-0.1, -0.05) is 22.6 Å². The molecule has 0 saturated heterocycles. The van der Waals surface area contributed by atoms with E-state index < -0.39 is 0 Å². The number of aliphatic imine (C=N–C) groups is 1.